The van der Waals surface area contributed by atoms with Gasteiger partial charge in [0, 0.05) is 24.0 Å². The third kappa shape index (κ3) is 2.55. The fourth-order valence-electron chi connectivity index (χ4n) is 1.89. The molecule has 0 radical (unpaired) electrons. The maximum Gasteiger partial charge on any atom is 0.101 e. The Bertz CT molecular complexity index is 512. The quantitative estimate of drug-likeness (QED) is 0.904. The van der Waals surface area contributed by atoms with Crippen LogP contribution in [0.15, 0.2) is 34.9 Å². The number of thiophene rings is 1. The van der Waals surface area contributed by atoms with E-state index >= 15 is 0 Å². The molecule has 2 aromatic rings. The zero-order valence-corrected chi connectivity index (χ0v) is 10.3. The van der Waals surface area contributed by atoms with Crippen LogP contribution >= 0.6 is 11.3 Å². The van der Waals surface area contributed by atoms with Crippen LogP contribution in [0.4, 0.5) is 5.69 Å². The number of aromatic nitrogens is 2. The third-order valence-corrected chi connectivity index (χ3v) is 3.56. The average Bonchev–Trinajstić information content (AvgIpc) is 3.02. The van der Waals surface area contributed by atoms with Gasteiger partial charge in [0.2, 0.25) is 0 Å². The van der Waals surface area contributed by atoms with Crippen molar-refractivity contribution < 1.29 is 0 Å². The van der Waals surface area contributed by atoms with Gasteiger partial charge in [0.25, 0.3) is 0 Å². The van der Waals surface area contributed by atoms with Crippen molar-refractivity contribution in [1.82, 2.24) is 9.78 Å². The molecule has 0 unspecified atom stereocenters. The van der Waals surface area contributed by atoms with Gasteiger partial charge in [0.15, 0.2) is 0 Å². The van der Waals surface area contributed by atoms with E-state index in [2.05, 4.69) is 32.9 Å². The van der Waals surface area contributed by atoms with E-state index in [1.807, 2.05) is 17.1 Å². The second-order valence-corrected chi connectivity index (χ2v) is 5.10. The predicted octanol–water partition coefficient (Wildman–Crippen LogP) is 2.60. The first-order chi connectivity index (χ1) is 8.40. The first-order valence-corrected chi connectivity index (χ1v) is 6.63. The van der Waals surface area contributed by atoms with Crippen LogP contribution in [0.5, 0.6) is 0 Å². The molecule has 1 aliphatic heterocycles. The Labute approximate surface area is 104 Å². The Kier molecular flexibility index (Phi) is 2.92. The lowest BCUT2D eigenvalue weighted by Crippen LogP contribution is -2.07. The number of rotatable bonds is 3. The summed E-state index contributed by atoms with van der Waals surface area (Å²) in [5.74, 6) is 1.08. The van der Waals surface area contributed by atoms with Crippen LogP contribution in [0.3, 0.4) is 0 Å². The molecule has 0 amide bonds. The molecule has 5 heteroatoms. The average molecular weight is 246 g/mol. The molecule has 1 aliphatic rings. The van der Waals surface area contributed by atoms with Gasteiger partial charge in [-0.15, -0.1) is 11.3 Å². The molecule has 0 aliphatic carbocycles. The van der Waals surface area contributed by atoms with Gasteiger partial charge in [-0.2, -0.15) is 5.10 Å². The molecule has 0 saturated heterocycles. The second kappa shape index (κ2) is 4.71. The van der Waals surface area contributed by atoms with E-state index in [9.17, 15) is 0 Å². The van der Waals surface area contributed by atoms with Crippen LogP contribution in [0, 0.1) is 0 Å². The van der Waals surface area contributed by atoms with Gasteiger partial charge in [-0.25, -0.2) is 0 Å². The number of nitrogens with zero attached hydrogens (tertiary/aromatic N) is 3. The summed E-state index contributed by atoms with van der Waals surface area (Å²) in [4.78, 5) is 5.70. The van der Waals surface area contributed by atoms with Crippen LogP contribution in [-0.4, -0.2) is 22.2 Å². The van der Waals surface area contributed by atoms with Crippen molar-refractivity contribution >= 4 is 22.9 Å². The Morgan fingerprint density at radius 2 is 2.47 bits per heavy atom. The molecule has 1 N–H and O–H groups in total. The summed E-state index contributed by atoms with van der Waals surface area (Å²) < 4.78 is 1.95. The van der Waals surface area contributed by atoms with E-state index < -0.39 is 0 Å². The molecule has 0 atom stereocenters. The minimum Gasteiger partial charge on any atom is -0.342 e. The number of hydrogen-bond acceptors (Lipinski definition) is 4. The minimum atomic E-state index is 0.839. The van der Waals surface area contributed by atoms with Crippen molar-refractivity contribution in [1.29, 1.82) is 0 Å². The Hall–Kier alpha value is -1.62. The highest BCUT2D eigenvalue weighted by Gasteiger charge is 2.07. The van der Waals surface area contributed by atoms with E-state index in [-0.39, 0.29) is 0 Å². The molecule has 3 heterocycles. The van der Waals surface area contributed by atoms with Crippen LogP contribution < -0.4 is 5.32 Å². The molecule has 4 nitrogen and oxygen atoms in total. The number of nitrogens with one attached hydrogen (secondary N) is 1. The van der Waals surface area contributed by atoms with Gasteiger partial charge < -0.3 is 5.32 Å². The zero-order chi connectivity index (χ0) is 11.5. The van der Waals surface area contributed by atoms with Gasteiger partial charge >= 0.3 is 0 Å². The Balaban J connectivity index is 1.66. The van der Waals surface area contributed by atoms with Gasteiger partial charge in [0.05, 0.1) is 18.4 Å². The number of aliphatic imine (C=N–C) groups is 1. The van der Waals surface area contributed by atoms with Gasteiger partial charge in [-0.1, -0.05) is 6.07 Å². The summed E-state index contributed by atoms with van der Waals surface area (Å²) in [7, 11) is 0. The molecular weight excluding hydrogens is 232 g/mol. The lowest BCUT2D eigenvalue weighted by molar-refractivity contribution is 0.695. The molecule has 0 bridgehead atoms. The topological polar surface area (TPSA) is 42.2 Å². The van der Waals surface area contributed by atoms with E-state index in [4.69, 9.17) is 0 Å². The summed E-state index contributed by atoms with van der Waals surface area (Å²) in [5.41, 5.74) is 1.03. The Morgan fingerprint density at radius 3 is 3.24 bits per heavy atom. The summed E-state index contributed by atoms with van der Waals surface area (Å²) in [6, 6.07) is 4.19. The van der Waals surface area contributed by atoms with Crippen molar-refractivity contribution in [2.24, 2.45) is 4.99 Å². The van der Waals surface area contributed by atoms with Crippen molar-refractivity contribution in [3.8, 4) is 0 Å². The Morgan fingerprint density at radius 1 is 1.47 bits per heavy atom. The lowest BCUT2D eigenvalue weighted by atomic mass is 10.3. The largest absolute Gasteiger partial charge is 0.342 e. The van der Waals surface area contributed by atoms with Gasteiger partial charge in [-0.05, 0) is 17.9 Å². The van der Waals surface area contributed by atoms with E-state index in [0.717, 1.165) is 37.5 Å². The fraction of sp³-hybridized carbons (Fsp3) is 0.333. The lowest BCUT2D eigenvalue weighted by Gasteiger charge is -2.01. The van der Waals surface area contributed by atoms with Crippen LogP contribution in [0.25, 0.3) is 0 Å². The number of amidine groups is 1. The van der Waals surface area contributed by atoms with Gasteiger partial charge in [0.1, 0.15) is 5.84 Å². The van der Waals surface area contributed by atoms with Crippen LogP contribution in [0.2, 0.25) is 0 Å². The SMILES string of the molecule is c1csc(Cn2cc(NC3=NCCC3)cn2)c1. The highest BCUT2D eigenvalue weighted by Crippen LogP contribution is 2.13. The number of anilines is 1. The smallest absolute Gasteiger partial charge is 0.101 e. The molecule has 0 spiro atoms. The summed E-state index contributed by atoms with van der Waals surface area (Å²) in [5, 5.41) is 9.74. The monoisotopic (exact) mass is 246 g/mol. The van der Waals surface area contributed by atoms with Crippen molar-refractivity contribution in [2.45, 2.75) is 19.4 Å². The maximum absolute atomic E-state index is 4.39. The van der Waals surface area contributed by atoms with Crippen LogP contribution in [0.1, 0.15) is 17.7 Å². The third-order valence-electron chi connectivity index (χ3n) is 2.69. The van der Waals surface area contributed by atoms with Gasteiger partial charge in [-0.3, -0.25) is 9.67 Å². The summed E-state index contributed by atoms with van der Waals surface area (Å²) >= 11 is 1.75. The number of hydrogen-bond donors (Lipinski definition) is 1. The first-order valence-electron chi connectivity index (χ1n) is 5.75. The van der Waals surface area contributed by atoms with Crippen molar-refractivity contribution in [2.75, 3.05) is 11.9 Å². The van der Waals surface area contributed by atoms with Crippen molar-refractivity contribution in [3.63, 3.8) is 0 Å². The van der Waals surface area contributed by atoms with Crippen LogP contribution in [-0.2, 0) is 6.54 Å². The van der Waals surface area contributed by atoms with E-state index in [1.54, 1.807) is 11.3 Å². The first kappa shape index (κ1) is 10.5. The standard InChI is InChI=1S/C12H14N4S/c1-4-12(13-5-1)15-10-7-14-16(8-10)9-11-3-2-6-17-11/h2-3,6-8H,1,4-5,9H2,(H,13,15). The maximum atomic E-state index is 4.39. The fourth-order valence-corrected chi connectivity index (χ4v) is 2.58. The molecular formula is C12H14N4S. The highest BCUT2D eigenvalue weighted by molar-refractivity contribution is 7.09. The molecule has 88 valence electrons. The molecule has 2 aromatic heterocycles. The van der Waals surface area contributed by atoms with E-state index in [0.29, 0.717) is 0 Å². The predicted molar refractivity (Wildman–Crippen MR) is 70.8 cm³/mol. The second-order valence-electron chi connectivity index (χ2n) is 4.06. The molecule has 3 rings (SSSR count). The molecule has 0 saturated carbocycles. The van der Waals surface area contributed by atoms with Crippen molar-refractivity contribution in [3.05, 3.63) is 34.8 Å². The molecule has 17 heavy (non-hydrogen) atoms. The summed E-state index contributed by atoms with van der Waals surface area (Å²) in [6.07, 6.45) is 6.09. The zero-order valence-electron chi connectivity index (χ0n) is 9.47. The molecule has 0 fully saturated rings. The molecule has 0 aromatic carbocycles. The summed E-state index contributed by atoms with van der Waals surface area (Å²) in [6.45, 7) is 1.79. The normalized spacial score (nSPS) is 14.9. The minimum absolute atomic E-state index is 0.839. The van der Waals surface area contributed by atoms with E-state index in [1.165, 1.54) is 4.88 Å². The highest BCUT2D eigenvalue weighted by atomic mass is 32.1.